The summed E-state index contributed by atoms with van der Waals surface area (Å²) in [6.07, 6.45) is -3.54. The van der Waals surface area contributed by atoms with E-state index in [4.69, 9.17) is 5.73 Å². The molecule has 0 aromatic carbocycles. The van der Waals surface area contributed by atoms with Crippen LogP contribution in [-0.4, -0.2) is 50.8 Å². The number of hydrogen-bond donors (Lipinski definition) is 3. The highest BCUT2D eigenvalue weighted by atomic mass is 19.4. The normalized spacial score (nSPS) is 19.4. The van der Waals surface area contributed by atoms with Gasteiger partial charge in [0.15, 0.2) is 5.82 Å². The first kappa shape index (κ1) is 20.0. The molecular weight excluding hydrogens is 406 g/mol. The second kappa shape index (κ2) is 7.20. The lowest BCUT2D eigenvalue weighted by Crippen LogP contribution is -2.41. The van der Waals surface area contributed by atoms with Crippen molar-refractivity contribution in [3.05, 3.63) is 41.5 Å². The Balaban J connectivity index is 1.79. The molecule has 0 saturated carbocycles. The SMILES string of the molecule is Cc1ncc(-c2cc(C(F)(F)F)c3c(N)ncnn23)cc1C(=O)N[C@H]1CNC[C@H]1F. The average molecular weight is 423 g/mol. The van der Waals surface area contributed by atoms with Gasteiger partial charge in [0.2, 0.25) is 0 Å². The van der Waals surface area contributed by atoms with Crippen molar-refractivity contribution < 1.29 is 22.4 Å². The van der Waals surface area contributed by atoms with Crippen molar-refractivity contribution in [2.45, 2.75) is 25.3 Å². The predicted octanol–water partition coefficient (Wildman–Crippen LogP) is 1.74. The third-order valence-corrected chi connectivity index (χ3v) is 4.97. The van der Waals surface area contributed by atoms with E-state index in [0.717, 1.165) is 16.9 Å². The first-order valence-corrected chi connectivity index (χ1v) is 8.99. The fraction of sp³-hybridized carbons (Fsp3) is 0.333. The molecule has 4 heterocycles. The number of halogens is 4. The summed E-state index contributed by atoms with van der Waals surface area (Å²) in [5.74, 6) is -0.895. The van der Waals surface area contributed by atoms with E-state index in [1.54, 1.807) is 6.92 Å². The summed E-state index contributed by atoms with van der Waals surface area (Å²) >= 11 is 0. The van der Waals surface area contributed by atoms with Crippen LogP contribution in [0.1, 0.15) is 21.6 Å². The molecule has 1 aliphatic heterocycles. The number of pyridine rings is 1. The van der Waals surface area contributed by atoms with Crippen LogP contribution in [0.25, 0.3) is 16.8 Å². The Labute approximate surface area is 167 Å². The molecule has 0 spiro atoms. The third kappa shape index (κ3) is 3.43. The maximum atomic E-state index is 13.8. The van der Waals surface area contributed by atoms with Crippen LogP contribution in [0, 0.1) is 6.92 Å². The highest BCUT2D eigenvalue weighted by Gasteiger charge is 2.36. The topological polar surface area (TPSA) is 110 Å². The Morgan fingerprint density at radius 1 is 1.30 bits per heavy atom. The standard InChI is InChI=1S/C18H17F4N7O/c1-8-10(17(30)28-13-6-24-5-12(13)19)2-9(4-25-8)14-3-11(18(20,21)22)15-16(23)26-7-27-29(14)15/h2-4,7,12-13,24H,5-6H2,1H3,(H,28,30)(H2,23,26,27)/t12-,13+/m1/s1. The van der Waals surface area contributed by atoms with Crippen molar-refractivity contribution in [2.75, 3.05) is 18.8 Å². The van der Waals surface area contributed by atoms with Gasteiger partial charge in [0, 0.05) is 24.8 Å². The molecule has 0 unspecified atom stereocenters. The number of hydrogen-bond acceptors (Lipinski definition) is 6. The van der Waals surface area contributed by atoms with E-state index in [9.17, 15) is 22.4 Å². The largest absolute Gasteiger partial charge is 0.418 e. The molecule has 1 fully saturated rings. The number of nitrogen functional groups attached to an aromatic ring is 1. The van der Waals surface area contributed by atoms with Crippen LogP contribution in [0.5, 0.6) is 0 Å². The molecule has 0 bridgehead atoms. The lowest BCUT2D eigenvalue weighted by atomic mass is 10.1. The van der Waals surface area contributed by atoms with E-state index in [-0.39, 0.29) is 41.2 Å². The number of amides is 1. The highest BCUT2D eigenvalue weighted by Crippen LogP contribution is 2.38. The predicted molar refractivity (Wildman–Crippen MR) is 99.4 cm³/mol. The minimum Gasteiger partial charge on any atom is -0.382 e. The molecule has 30 heavy (non-hydrogen) atoms. The smallest absolute Gasteiger partial charge is 0.382 e. The van der Waals surface area contributed by atoms with Gasteiger partial charge in [-0.1, -0.05) is 0 Å². The van der Waals surface area contributed by atoms with Crippen molar-refractivity contribution in [3.8, 4) is 11.3 Å². The minimum absolute atomic E-state index is 0.0406. The van der Waals surface area contributed by atoms with Gasteiger partial charge in [0.1, 0.15) is 18.0 Å². The van der Waals surface area contributed by atoms with E-state index >= 15 is 0 Å². The van der Waals surface area contributed by atoms with Gasteiger partial charge in [-0.15, -0.1) is 0 Å². The first-order valence-electron chi connectivity index (χ1n) is 8.99. The van der Waals surface area contributed by atoms with Crippen LogP contribution < -0.4 is 16.4 Å². The lowest BCUT2D eigenvalue weighted by Gasteiger charge is -2.15. The van der Waals surface area contributed by atoms with Gasteiger partial charge in [-0.3, -0.25) is 9.78 Å². The molecule has 4 rings (SSSR count). The zero-order valence-corrected chi connectivity index (χ0v) is 15.7. The molecule has 3 aromatic rings. The number of aromatic nitrogens is 4. The molecule has 12 heteroatoms. The number of rotatable bonds is 3. The summed E-state index contributed by atoms with van der Waals surface area (Å²) < 4.78 is 55.4. The van der Waals surface area contributed by atoms with Crippen LogP contribution in [-0.2, 0) is 6.18 Å². The summed E-state index contributed by atoms with van der Waals surface area (Å²) in [5.41, 5.74) is 5.00. The molecule has 1 aliphatic rings. The van der Waals surface area contributed by atoms with Crippen molar-refractivity contribution >= 4 is 17.2 Å². The van der Waals surface area contributed by atoms with Crippen molar-refractivity contribution in [1.82, 2.24) is 30.2 Å². The third-order valence-electron chi connectivity index (χ3n) is 4.97. The molecule has 1 amide bonds. The second-order valence-corrected chi connectivity index (χ2v) is 6.96. The van der Waals surface area contributed by atoms with Crippen LogP contribution in [0.2, 0.25) is 0 Å². The van der Waals surface area contributed by atoms with Gasteiger partial charge >= 0.3 is 6.18 Å². The number of nitrogens with two attached hydrogens (primary N) is 1. The Hall–Kier alpha value is -3.28. The van der Waals surface area contributed by atoms with E-state index in [1.165, 1.54) is 12.3 Å². The number of fused-ring (bicyclic) bond motifs is 1. The Morgan fingerprint density at radius 3 is 2.73 bits per heavy atom. The monoisotopic (exact) mass is 423 g/mol. The summed E-state index contributed by atoms with van der Waals surface area (Å²) in [5, 5.41) is 9.31. The lowest BCUT2D eigenvalue weighted by molar-refractivity contribution is -0.136. The van der Waals surface area contributed by atoms with Crippen LogP contribution in [0.4, 0.5) is 23.4 Å². The minimum atomic E-state index is -4.69. The molecule has 3 aromatic heterocycles. The second-order valence-electron chi connectivity index (χ2n) is 6.96. The Bertz CT molecular complexity index is 1130. The maximum absolute atomic E-state index is 13.8. The van der Waals surface area contributed by atoms with Crippen molar-refractivity contribution in [3.63, 3.8) is 0 Å². The molecule has 1 saturated heterocycles. The number of carbonyl (C=O) groups is 1. The summed E-state index contributed by atoms with van der Waals surface area (Å²) in [6, 6.07) is 1.58. The van der Waals surface area contributed by atoms with Crippen LogP contribution in [0.15, 0.2) is 24.7 Å². The van der Waals surface area contributed by atoms with Gasteiger partial charge < -0.3 is 16.4 Å². The number of alkyl halides is 4. The zero-order valence-electron chi connectivity index (χ0n) is 15.7. The Kier molecular flexibility index (Phi) is 4.80. The maximum Gasteiger partial charge on any atom is 0.418 e. The van der Waals surface area contributed by atoms with E-state index in [0.29, 0.717) is 5.69 Å². The average Bonchev–Trinajstić information content (AvgIpc) is 3.27. The van der Waals surface area contributed by atoms with Crippen molar-refractivity contribution in [2.24, 2.45) is 0 Å². The fourth-order valence-electron chi connectivity index (χ4n) is 3.43. The molecular formula is C18H17F4N7O. The van der Waals surface area contributed by atoms with Crippen LogP contribution in [0.3, 0.4) is 0 Å². The van der Waals surface area contributed by atoms with E-state index in [1.807, 2.05) is 0 Å². The highest BCUT2D eigenvalue weighted by molar-refractivity contribution is 5.96. The summed E-state index contributed by atoms with van der Waals surface area (Å²) in [6.45, 7) is 2.00. The van der Waals surface area contributed by atoms with E-state index < -0.39 is 29.9 Å². The van der Waals surface area contributed by atoms with Gasteiger partial charge in [-0.2, -0.15) is 18.3 Å². The quantitative estimate of drug-likeness (QED) is 0.554. The van der Waals surface area contributed by atoms with Gasteiger partial charge in [0.05, 0.1) is 28.6 Å². The van der Waals surface area contributed by atoms with Gasteiger partial charge in [0.25, 0.3) is 5.91 Å². The number of nitrogens with zero attached hydrogens (tertiary/aromatic N) is 4. The van der Waals surface area contributed by atoms with Crippen LogP contribution >= 0.6 is 0 Å². The fourth-order valence-corrected chi connectivity index (χ4v) is 3.43. The summed E-state index contributed by atoms with van der Waals surface area (Å²) in [7, 11) is 0. The molecule has 2 atom stereocenters. The molecule has 158 valence electrons. The van der Waals surface area contributed by atoms with Gasteiger partial charge in [-0.25, -0.2) is 13.9 Å². The molecule has 0 radical (unpaired) electrons. The molecule has 4 N–H and O–H groups in total. The van der Waals surface area contributed by atoms with Gasteiger partial charge in [-0.05, 0) is 19.1 Å². The molecule has 8 nitrogen and oxygen atoms in total. The molecule has 0 aliphatic carbocycles. The number of aryl methyl sites for hydroxylation is 1. The van der Waals surface area contributed by atoms with E-state index in [2.05, 4.69) is 25.7 Å². The van der Waals surface area contributed by atoms with Crippen molar-refractivity contribution in [1.29, 1.82) is 0 Å². The first-order chi connectivity index (χ1) is 14.2. The Morgan fingerprint density at radius 2 is 2.07 bits per heavy atom. The number of nitrogens with one attached hydrogen (secondary N) is 2. The number of carbonyl (C=O) groups excluding carboxylic acids is 1. The summed E-state index contributed by atoms with van der Waals surface area (Å²) in [4.78, 5) is 20.4. The zero-order chi connectivity index (χ0) is 21.6. The number of anilines is 1.